The van der Waals surface area contributed by atoms with Crippen molar-refractivity contribution in [3.8, 4) is 0 Å². The fourth-order valence-electron chi connectivity index (χ4n) is 1.70. The minimum Gasteiger partial charge on any atom is -0.355 e. The Labute approximate surface area is 100.0 Å². The molecule has 0 radical (unpaired) electrons. The molecule has 0 aromatic heterocycles. The van der Waals surface area contributed by atoms with Crippen LogP contribution in [0.3, 0.4) is 0 Å². The van der Waals surface area contributed by atoms with E-state index in [0.29, 0.717) is 13.1 Å². The van der Waals surface area contributed by atoms with E-state index in [4.69, 9.17) is 5.53 Å². The summed E-state index contributed by atoms with van der Waals surface area (Å²) < 4.78 is -0.217. The number of unbranched alkanes of at least 4 members (excludes halogenated alkanes) is 1. The van der Waals surface area contributed by atoms with E-state index in [2.05, 4.69) is 15.3 Å². The summed E-state index contributed by atoms with van der Waals surface area (Å²) in [6.45, 7) is 3.20. The highest BCUT2D eigenvalue weighted by Crippen LogP contribution is 2.37. The van der Waals surface area contributed by atoms with Crippen LogP contribution < -0.4 is 5.32 Å². The molecule has 90 valence electrons. The molecule has 1 aliphatic rings. The molecular weight excluding hydrogens is 224 g/mol. The van der Waals surface area contributed by atoms with E-state index in [-0.39, 0.29) is 10.7 Å². The van der Waals surface area contributed by atoms with Crippen molar-refractivity contribution in [1.29, 1.82) is 0 Å². The van der Waals surface area contributed by atoms with Crippen molar-refractivity contribution in [2.75, 3.05) is 18.8 Å². The molecule has 1 saturated heterocycles. The first kappa shape index (κ1) is 13.2. The fourth-order valence-corrected chi connectivity index (χ4v) is 2.93. The lowest BCUT2D eigenvalue weighted by atomic mass is 10.0. The van der Waals surface area contributed by atoms with Crippen LogP contribution in [0.4, 0.5) is 0 Å². The summed E-state index contributed by atoms with van der Waals surface area (Å²) >= 11 is 1.75. The van der Waals surface area contributed by atoms with Crippen molar-refractivity contribution < 1.29 is 4.79 Å². The minimum atomic E-state index is -0.217. The molecule has 1 atom stereocenters. The largest absolute Gasteiger partial charge is 0.355 e. The highest BCUT2D eigenvalue weighted by Gasteiger charge is 2.36. The van der Waals surface area contributed by atoms with Crippen LogP contribution in [0.5, 0.6) is 0 Å². The third-order valence-electron chi connectivity index (χ3n) is 2.73. The Morgan fingerprint density at radius 3 is 3.06 bits per heavy atom. The van der Waals surface area contributed by atoms with Gasteiger partial charge in [-0.1, -0.05) is 5.11 Å². The number of carbonyl (C=O) groups excluding carboxylic acids is 1. The molecule has 0 saturated carbocycles. The molecule has 1 fully saturated rings. The molecule has 0 aliphatic carbocycles. The zero-order valence-electron chi connectivity index (χ0n) is 9.61. The van der Waals surface area contributed by atoms with Crippen LogP contribution in [-0.2, 0) is 4.79 Å². The first-order valence-corrected chi connectivity index (χ1v) is 6.61. The zero-order chi connectivity index (χ0) is 11.9. The van der Waals surface area contributed by atoms with Gasteiger partial charge in [0.2, 0.25) is 5.91 Å². The lowest BCUT2D eigenvalue weighted by Crippen LogP contribution is -2.40. The molecule has 0 spiro atoms. The highest BCUT2D eigenvalue weighted by molar-refractivity contribution is 8.01. The number of nitrogens with one attached hydrogen (secondary N) is 1. The Bertz CT molecular complexity index is 283. The van der Waals surface area contributed by atoms with E-state index >= 15 is 0 Å². The second-order valence-corrected chi connectivity index (χ2v) is 5.70. The number of amides is 1. The number of hydrogen-bond acceptors (Lipinski definition) is 3. The molecule has 1 aliphatic heterocycles. The third kappa shape index (κ3) is 3.94. The molecule has 0 aromatic carbocycles. The van der Waals surface area contributed by atoms with Gasteiger partial charge in [0.1, 0.15) is 0 Å². The molecule has 0 aromatic rings. The van der Waals surface area contributed by atoms with Crippen LogP contribution in [0.25, 0.3) is 10.4 Å². The average molecular weight is 242 g/mol. The highest BCUT2D eigenvalue weighted by atomic mass is 32.2. The van der Waals surface area contributed by atoms with Gasteiger partial charge in [0.05, 0.1) is 4.75 Å². The molecule has 1 heterocycles. The van der Waals surface area contributed by atoms with Crippen molar-refractivity contribution in [2.24, 2.45) is 5.11 Å². The molecule has 1 amide bonds. The molecule has 16 heavy (non-hydrogen) atoms. The maximum atomic E-state index is 11.8. The van der Waals surface area contributed by atoms with Crippen LogP contribution in [0.1, 0.15) is 32.6 Å². The van der Waals surface area contributed by atoms with Crippen LogP contribution >= 0.6 is 11.8 Å². The quantitative estimate of drug-likeness (QED) is 0.336. The maximum Gasteiger partial charge on any atom is 0.235 e. The van der Waals surface area contributed by atoms with Gasteiger partial charge in [-0.15, -0.1) is 11.8 Å². The summed E-state index contributed by atoms with van der Waals surface area (Å²) in [4.78, 5) is 14.5. The fraction of sp³-hybridized carbons (Fsp3) is 0.900. The number of carbonyl (C=O) groups is 1. The van der Waals surface area contributed by atoms with Crippen molar-refractivity contribution in [1.82, 2.24) is 5.32 Å². The molecule has 1 unspecified atom stereocenters. The molecular formula is C10H18N4OS. The van der Waals surface area contributed by atoms with Crippen LogP contribution in [0.2, 0.25) is 0 Å². The van der Waals surface area contributed by atoms with Crippen molar-refractivity contribution >= 4 is 17.7 Å². The zero-order valence-corrected chi connectivity index (χ0v) is 10.4. The Balaban J connectivity index is 2.12. The second kappa shape index (κ2) is 6.66. The van der Waals surface area contributed by atoms with Crippen LogP contribution in [0, 0.1) is 0 Å². The van der Waals surface area contributed by atoms with E-state index in [1.54, 1.807) is 11.8 Å². The second-order valence-electron chi connectivity index (χ2n) is 4.10. The van der Waals surface area contributed by atoms with Gasteiger partial charge in [-0.2, -0.15) is 0 Å². The van der Waals surface area contributed by atoms with E-state index in [9.17, 15) is 4.79 Å². The third-order valence-corrected chi connectivity index (χ3v) is 4.25. The summed E-state index contributed by atoms with van der Waals surface area (Å²) in [7, 11) is 0. The Morgan fingerprint density at radius 2 is 2.44 bits per heavy atom. The SMILES string of the molecule is CC1(C(=O)NCCCCN=[N+]=[N-])CCCS1. The van der Waals surface area contributed by atoms with Crippen molar-refractivity contribution in [3.63, 3.8) is 0 Å². The summed E-state index contributed by atoms with van der Waals surface area (Å²) in [6.07, 6.45) is 3.80. The smallest absolute Gasteiger partial charge is 0.235 e. The Hall–Kier alpha value is -0.870. The summed E-state index contributed by atoms with van der Waals surface area (Å²) in [5.41, 5.74) is 8.07. The van der Waals surface area contributed by atoms with Crippen LogP contribution in [0.15, 0.2) is 5.11 Å². The van der Waals surface area contributed by atoms with E-state index in [1.807, 2.05) is 6.92 Å². The van der Waals surface area contributed by atoms with Gasteiger partial charge in [0.25, 0.3) is 0 Å². The van der Waals surface area contributed by atoms with E-state index < -0.39 is 0 Å². The molecule has 0 bridgehead atoms. The lowest BCUT2D eigenvalue weighted by molar-refractivity contribution is -0.123. The Morgan fingerprint density at radius 1 is 1.62 bits per heavy atom. The normalized spacial score (nSPS) is 23.8. The van der Waals surface area contributed by atoms with E-state index in [0.717, 1.165) is 31.4 Å². The maximum absolute atomic E-state index is 11.8. The molecule has 5 nitrogen and oxygen atoms in total. The van der Waals surface area contributed by atoms with Gasteiger partial charge in [-0.3, -0.25) is 4.79 Å². The average Bonchev–Trinajstić information content (AvgIpc) is 2.71. The minimum absolute atomic E-state index is 0.152. The lowest BCUT2D eigenvalue weighted by Gasteiger charge is -2.21. The summed E-state index contributed by atoms with van der Waals surface area (Å²) in [5.74, 6) is 1.24. The molecule has 1 N–H and O–H groups in total. The van der Waals surface area contributed by atoms with Gasteiger partial charge in [-0.25, -0.2) is 0 Å². The van der Waals surface area contributed by atoms with Crippen molar-refractivity contribution in [3.05, 3.63) is 10.4 Å². The predicted molar refractivity (Wildman–Crippen MR) is 66.4 cm³/mol. The van der Waals surface area contributed by atoms with Gasteiger partial charge in [0, 0.05) is 18.0 Å². The number of nitrogens with zero attached hydrogens (tertiary/aromatic N) is 3. The monoisotopic (exact) mass is 242 g/mol. The number of azide groups is 1. The van der Waals surface area contributed by atoms with Gasteiger partial charge in [0.15, 0.2) is 0 Å². The topological polar surface area (TPSA) is 77.9 Å². The number of thioether (sulfide) groups is 1. The first-order valence-electron chi connectivity index (χ1n) is 5.62. The molecule has 6 heteroatoms. The van der Waals surface area contributed by atoms with Crippen molar-refractivity contribution in [2.45, 2.75) is 37.4 Å². The van der Waals surface area contributed by atoms with Gasteiger partial charge in [-0.05, 0) is 43.9 Å². The Kier molecular flexibility index (Phi) is 5.49. The standard InChI is InChI=1S/C10H18N4OS/c1-10(5-4-8-16-10)9(15)12-6-2-3-7-13-14-11/h2-8H2,1H3,(H,12,15). The van der Waals surface area contributed by atoms with Gasteiger partial charge >= 0.3 is 0 Å². The van der Waals surface area contributed by atoms with Gasteiger partial charge < -0.3 is 5.32 Å². The number of rotatable bonds is 6. The van der Waals surface area contributed by atoms with Crippen LogP contribution in [-0.4, -0.2) is 29.5 Å². The van der Waals surface area contributed by atoms with E-state index in [1.165, 1.54) is 0 Å². The predicted octanol–water partition coefficient (Wildman–Crippen LogP) is 2.48. The number of hydrogen-bond donors (Lipinski definition) is 1. The summed E-state index contributed by atoms with van der Waals surface area (Å²) in [5, 5.41) is 6.39. The first-order chi connectivity index (χ1) is 7.69. The summed E-state index contributed by atoms with van der Waals surface area (Å²) in [6, 6.07) is 0. The molecule has 1 rings (SSSR count).